The summed E-state index contributed by atoms with van der Waals surface area (Å²) < 4.78 is 4.59. The maximum absolute atomic E-state index is 10.9. The Labute approximate surface area is 96.2 Å². The lowest BCUT2D eigenvalue weighted by molar-refractivity contribution is -0.140. The minimum Gasteiger partial charge on any atom is -0.469 e. The van der Waals surface area contributed by atoms with Crippen molar-refractivity contribution >= 4 is 5.97 Å². The number of ether oxygens (including phenoxy) is 1. The number of pyridine rings is 1. The number of nitrogens with zero attached hydrogens (tertiary/aromatic N) is 2. The van der Waals surface area contributed by atoms with Crippen molar-refractivity contribution in [3.8, 4) is 0 Å². The molecule has 16 heavy (non-hydrogen) atoms. The van der Waals surface area contributed by atoms with Gasteiger partial charge in [0.1, 0.15) is 0 Å². The van der Waals surface area contributed by atoms with Crippen LogP contribution in [0.5, 0.6) is 0 Å². The van der Waals surface area contributed by atoms with Gasteiger partial charge in [0.25, 0.3) is 0 Å². The number of rotatable bonds is 6. The number of methoxy groups -OCH3 is 1. The predicted octanol–water partition coefficient (Wildman–Crippen LogP) is 1.12. The van der Waals surface area contributed by atoms with Crippen molar-refractivity contribution in [2.45, 2.75) is 12.8 Å². The van der Waals surface area contributed by atoms with Gasteiger partial charge in [-0.3, -0.25) is 9.78 Å². The number of esters is 1. The van der Waals surface area contributed by atoms with Crippen LogP contribution in [-0.4, -0.2) is 43.1 Å². The fourth-order valence-corrected chi connectivity index (χ4v) is 1.37. The molecule has 0 amide bonds. The quantitative estimate of drug-likeness (QED) is 0.676. The van der Waals surface area contributed by atoms with Crippen LogP contribution in [0, 0.1) is 0 Å². The van der Waals surface area contributed by atoms with E-state index in [0.29, 0.717) is 6.42 Å². The van der Waals surface area contributed by atoms with Crippen LogP contribution < -0.4 is 0 Å². The molecule has 1 rings (SSSR count). The van der Waals surface area contributed by atoms with Gasteiger partial charge in [-0.2, -0.15) is 0 Å². The van der Waals surface area contributed by atoms with Gasteiger partial charge in [-0.05, 0) is 31.2 Å². The molecule has 4 heteroatoms. The third-order valence-electron chi connectivity index (χ3n) is 2.46. The Morgan fingerprint density at radius 2 is 2.06 bits per heavy atom. The third-order valence-corrected chi connectivity index (χ3v) is 2.46. The summed E-state index contributed by atoms with van der Waals surface area (Å²) in [4.78, 5) is 17.0. The van der Waals surface area contributed by atoms with Gasteiger partial charge in [0, 0.05) is 25.5 Å². The Kier molecular flexibility index (Phi) is 5.50. The van der Waals surface area contributed by atoms with Crippen LogP contribution in [0.15, 0.2) is 24.5 Å². The standard InChI is InChI=1S/C12H18N2O2/c1-14(10-6-12(15)16-2)9-5-11-3-7-13-8-4-11/h3-4,7-8H,5-6,9-10H2,1-2H3. The minimum absolute atomic E-state index is 0.157. The molecule has 0 aromatic carbocycles. The normalized spacial score (nSPS) is 10.4. The smallest absolute Gasteiger partial charge is 0.306 e. The van der Waals surface area contributed by atoms with Crippen LogP contribution in [0.2, 0.25) is 0 Å². The zero-order valence-corrected chi connectivity index (χ0v) is 9.85. The average molecular weight is 222 g/mol. The van der Waals surface area contributed by atoms with Gasteiger partial charge < -0.3 is 9.64 Å². The van der Waals surface area contributed by atoms with E-state index in [1.54, 1.807) is 12.4 Å². The molecule has 4 nitrogen and oxygen atoms in total. The maximum Gasteiger partial charge on any atom is 0.306 e. The van der Waals surface area contributed by atoms with E-state index in [1.807, 2.05) is 19.2 Å². The summed E-state index contributed by atoms with van der Waals surface area (Å²) >= 11 is 0. The van der Waals surface area contributed by atoms with Gasteiger partial charge in [-0.15, -0.1) is 0 Å². The molecule has 0 fully saturated rings. The topological polar surface area (TPSA) is 42.4 Å². The highest BCUT2D eigenvalue weighted by Crippen LogP contribution is 1.99. The van der Waals surface area contributed by atoms with Gasteiger partial charge in [0.05, 0.1) is 13.5 Å². The van der Waals surface area contributed by atoms with E-state index in [4.69, 9.17) is 0 Å². The largest absolute Gasteiger partial charge is 0.469 e. The van der Waals surface area contributed by atoms with Crippen molar-refractivity contribution in [3.63, 3.8) is 0 Å². The highest BCUT2D eigenvalue weighted by Gasteiger charge is 2.04. The number of carbonyl (C=O) groups excluding carboxylic acids is 1. The molecule has 0 aliphatic heterocycles. The van der Waals surface area contributed by atoms with Crippen molar-refractivity contribution in [3.05, 3.63) is 30.1 Å². The minimum atomic E-state index is -0.157. The number of hydrogen-bond donors (Lipinski definition) is 0. The van der Waals surface area contributed by atoms with Crippen LogP contribution in [0.3, 0.4) is 0 Å². The van der Waals surface area contributed by atoms with Crippen molar-refractivity contribution < 1.29 is 9.53 Å². The molecule has 0 aliphatic rings. The first-order valence-electron chi connectivity index (χ1n) is 5.36. The van der Waals surface area contributed by atoms with Gasteiger partial charge in [-0.25, -0.2) is 0 Å². The molecule has 0 atom stereocenters. The zero-order chi connectivity index (χ0) is 11.8. The lowest BCUT2D eigenvalue weighted by Gasteiger charge is -2.15. The van der Waals surface area contributed by atoms with Gasteiger partial charge in [-0.1, -0.05) is 0 Å². The average Bonchev–Trinajstić information content (AvgIpc) is 2.34. The van der Waals surface area contributed by atoms with Crippen molar-refractivity contribution in [1.29, 1.82) is 0 Å². The van der Waals surface area contributed by atoms with Crippen LogP contribution >= 0.6 is 0 Å². The van der Waals surface area contributed by atoms with Gasteiger partial charge in [0.2, 0.25) is 0 Å². The fourth-order valence-electron chi connectivity index (χ4n) is 1.37. The second-order valence-electron chi connectivity index (χ2n) is 3.73. The predicted molar refractivity (Wildman–Crippen MR) is 62.1 cm³/mol. The Bertz CT molecular complexity index is 314. The Hall–Kier alpha value is -1.42. The Balaban J connectivity index is 2.20. The SMILES string of the molecule is COC(=O)CCN(C)CCc1ccncc1. The van der Waals surface area contributed by atoms with E-state index in [-0.39, 0.29) is 5.97 Å². The van der Waals surface area contributed by atoms with Crippen molar-refractivity contribution in [2.75, 3.05) is 27.2 Å². The lowest BCUT2D eigenvalue weighted by atomic mass is 10.2. The second kappa shape index (κ2) is 6.95. The van der Waals surface area contributed by atoms with E-state index < -0.39 is 0 Å². The molecular formula is C12H18N2O2. The van der Waals surface area contributed by atoms with Gasteiger partial charge >= 0.3 is 5.97 Å². The van der Waals surface area contributed by atoms with Crippen LogP contribution in [-0.2, 0) is 16.0 Å². The summed E-state index contributed by atoms with van der Waals surface area (Å²) in [6, 6.07) is 4.02. The second-order valence-corrected chi connectivity index (χ2v) is 3.73. The summed E-state index contributed by atoms with van der Waals surface area (Å²) in [5.41, 5.74) is 1.26. The third kappa shape index (κ3) is 4.89. The molecule has 0 radical (unpaired) electrons. The fraction of sp³-hybridized carbons (Fsp3) is 0.500. The number of likely N-dealkylation sites (N-methyl/N-ethyl adjacent to an activating group) is 1. The molecule has 0 unspecified atom stereocenters. The molecular weight excluding hydrogens is 204 g/mol. The van der Waals surface area contributed by atoms with Crippen molar-refractivity contribution in [1.82, 2.24) is 9.88 Å². The highest BCUT2D eigenvalue weighted by atomic mass is 16.5. The van der Waals surface area contributed by atoms with E-state index in [2.05, 4.69) is 14.6 Å². The zero-order valence-electron chi connectivity index (χ0n) is 9.85. The first-order valence-corrected chi connectivity index (χ1v) is 5.36. The first kappa shape index (κ1) is 12.6. The van der Waals surface area contributed by atoms with Crippen LogP contribution in [0.25, 0.3) is 0 Å². The summed E-state index contributed by atoms with van der Waals surface area (Å²) in [5.74, 6) is -0.157. The van der Waals surface area contributed by atoms with E-state index in [1.165, 1.54) is 12.7 Å². The molecule has 1 aromatic heterocycles. The number of aromatic nitrogens is 1. The van der Waals surface area contributed by atoms with Crippen LogP contribution in [0.1, 0.15) is 12.0 Å². The van der Waals surface area contributed by atoms with E-state index >= 15 is 0 Å². The Morgan fingerprint density at radius 1 is 1.38 bits per heavy atom. The maximum atomic E-state index is 10.9. The molecule has 0 N–H and O–H groups in total. The molecule has 0 bridgehead atoms. The van der Waals surface area contributed by atoms with Gasteiger partial charge in [0.15, 0.2) is 0 Å². The lowest BCUT2D eigenvalue weighted by Crippen LogP contribution is -2.24. The molecule has 0 aliphatic carbocycles. The molecule has 88 valence electrons. The molecule has 1 aromatic rings. The molecule has 0 saturated heterocycles. The number of hydrogen-bond acceptors (Lipinski definition) is 4. The summed E-state index contributed by atoms with van der Waals surface area (Å²) in [6.07, 6.45) is 5.01. The number of carbonyl (C=O) groups is 1. The molecule has 0 saturated carbocycles. The molecule has 0 spiro atoms. The molecule has 1 heterocycles. The monoisotopic (exact) mass is 222 g/mol. The van der Waals surface area contributed by atoms with E-state index in [9.17, 15) is 4.79 Å². The summed E-state index contributed by atoms with van der Waals surface area (Å²) in [5, 5.41) is 0. The van der Waals surface area contributed by atoms with E-state index in [0.717, 1.165) is 19.5 Å². The van der Waals surface area contributed by atoms with Crippen LogP contribution in [0.4, 0.5) is 0 Å². The highest BCUT2D eigenvalue weighted by molar-refractivity contribution is 5.69. The first-order chi connectivity index (χ1) is 7.72. The Morgan fingerprint density at radius 3 is 2.69 bits per heavy atom. The summed E-state index contributed by atoms with van der Waals surface area (Å²) in [7, 11) is 3.42. The van der Waals surface area contributed by atoms with Crippen molar-refractivity contribution in [2.24, 2.45) is 0 Å². The summed E-state index contributed by atoms with van der Waals surface area (Å²) in [6.45, 7) is 1.67.